The summed E-state index contributed by atoms with van der Waals surface area (Å²) in [6.45, 7) is 0.633. The number of aliphatic hydroxyl groups excluding tert-OH is 2. The lowest BCUT2D eigenvalue weighted by molar-refractivity contribution is -0.148. The molecule has 0 heterocycles. The van der Waals surface area contributed by atoms with Gasteiger partial charge in [-0.05, 0) is 50.0 Å². The van der Waals surface area contributed by atoms with Gasteiger partial charge in [0.2, 0.25) is 5.78 Å². The van der Waals surface area contributed by atoms with Crippen molar-refractivity contribution in [2.45, 2.75) is 31.0 Å². The Balaban J connectivity index is 1.89. The summed E-state index contributed by atoms with van der Waals surface area (Å²) in [5, 5.41) is 47.2. The third-order valence-corrected chi connectivity index (χ3v) is 7.26. The van der Waals surface area contributed by atoms with Gasteiger partial charge in [-0.3, -0.25) is 24.6 Å². The van der Waals surface area contributed by atoms with Crippen molar-refractivity contribution in [3.05, 3.63) is 51.5 Å². The summed E-state index contributed by atoms with van der Waals surface area (Å²) >= 11 is 0. The average Bonchev–Trinajstić information content (AvgIpc) is 2.77. The van der Waals surface area contributed by atoms with Gasteiger partial charge in [0.05, 0.1) is 18.3 Å². The zero-order valence-corrected chi connectivity index (χ0v) is 19.7. The van der Waals surface area contributed by atoms with Crippen LogP contribution < -0.4 is 11.1 Å². The summed E-state index contributed by atoms with van der Waals surface area (Å²) in [5.74, 6) is -6.63. The van der Waals surface area contributed by atoms with Crippen LogP contribution in [0.2, 0.25) is 0 Å². The Hall–Kier alpha value is -3.25. The summed E-state index contributed by atoms with van der Waals surface area (Å²) in [6, 6.07) is 2.05. The van der Waals surface area contributed by atoms with Gasteiger partial charge in [0.25, 0.3) is 5.91 Å². The van der Waals surface area contributed by atoms with Crippen LogP contribution in [-0.4, -0.2) is 82.4 Å². The minimum absolute atomic E-state index is 0.0116. The van der Waals surface area contributed by atoms with Crippen LogP contribution >= 0.6 is 0 Å². The second-order valence-corrected chi connectivity index (χ2v) is 9.42. The Morgan fingerprint density at radius 2 is 1.94 bits per heavy atom. The molecule has 1 amide bonds. The molecule has 0 fully saturated rings. The molecule has 0 unspecified atom stereocenters. The first-order valence-corrected chi connectivity index (χ1v) is 11.1. The van der Waals surface area contributed by atoms with E-state index in [0.29, 0.717) is 12.1 Å². The molecular formula is C24H29N3O8. The maximum absolute atomic E-state index is 13.6. The van der Waals surface area contributed by atoms with Crippen LogP contribution in [0.3, 0.4) is 0 Å². The molecule has 7 N–H and O–H groups in total. The highest BCUT2D eigenvalue weighted by molar-refractivity contribution is 6.24. The first-order chi connectivity index (χ1) is 16.5. The van der Waals surface area contributed by atoms with Gasteiger partial charge in [-0.1, -0.05) is 6.07 Å². The molecular weight excluding hydrogens is 458 g/mol. The number of hydrogen-bond donors (Lipinski definition) is 6. The molecule has 3 aliphatic rings. The first-order valence-electron chi connectivity index (χ1n) is 11.1. The Morgan fingerprint density at radius 3 is 2.54 bits per heavy atom. The smallest absolute Gasteiger partial charge is 0.255 e. The fourth-order valence-electron chi connectivity index (χ4n) is 5.77. The highest BCUT2D eigenvalue weighted by Gasteiger charge is 2.63. The molecule has 0 radical (unpaired) electrons. The summed E-state index contributed by atoms with van der Waals surface area (Å²) in [7, 11) is 4.71. The topological polar surface area (TPSA) is 183 Å². The lowest BCUT2D eigenvalue weighted by Gasteiger charge is -2.50. The van der Waals surface area contributed by atoms with Crippen molar-refractivity contribution >= 4 is 17.5 Å². The van der Waals surface area contributed by atoms with Gasteiger partial charge in [0.15, 0.2) is 11.4 Å². The molecule has 0 saturated heterocycles. The molecule has 0 bridgehead atoms. The van der Waals surface area contributed by atoms with Crippen molar-refractivity contribution in [1.82, 2.24) is 10.2 Å². The molecule has 0 spiro atoms. The number of carbonyl (C=O) groups excluding carboxylic acids is 3. The lowest BCUT2D eigenvalue weighted by Crippen LogP contribution is -2.63. The van der Waals surface area contributed by atoms with Crippen LogP contribution in [0.25, 0.3) is 0 Å². The fraction of sp³-hybridized carbons (Fsp3) is 0.458. The van der Waals surface area contributed by atoms with Gasteiger partial charge in [-0.2, -0.15) is 0 Å². The maximum Gasteiger partial charge on any atom is 0.255 e. The minimum atomic E-state index is -2.64. The van der Waals surface area contributed by atoms with E-state index in [0.717, 1.165) is 5.56 Å². The molecule has 11 heteroatoms. The molecule has 188 valence electrons. The molecule has 11 nitrogen and oxygen atoms in total. The zero-order valence-electron chi connectivity index (χ0n) is 19.7. The molecule has 1 aromatic carbocycles. The van der Waals surface area contributed by atoms with Gasteiger partial charge in [0.1, 0.15) is 22.8 Å². The number of allylic oxidation sites excluding steroid dienone is 1. The van der Waals surface area contributed by atoms with E-state index in [9.17, 15) is 34.8 Å². The number of aromatic hydroxyl groups is 1. The Labute approximate surface area is 201 Å². The number of primary amides is 1. The van der Waals surface area contributed by atoms with E-state index in [1.807, 2.05) is 0 Å². The van der Waals surface area contributed by atoms with E-state index < -0.39 is 58.0 Å². The van der Waals surface area contributed by atoms with Crippen LogP contribution in [0.1, 0.15) is 27.9 Å². The van der Waals surface area contributed by atoms with E-state index in [1.165, 1.54) is 18.1 Å². The molecule has 4 atom stereocenters. The highest BCUT2D eigenvalue weighted by atomic mass is 16.5. The summed E-state index contributed by atoms with van der Waals surface area (Å²) in [4.78, 5) is 40.3. The van der Waals surface area contributed by atoms with Gasteiger partial charge in [0, 0.05) is 25.1 Å². The number of likely N-dealkylation sites (N-methyl/N-ethyl adjacent to an activating group) is 1. The largest absolute Gasteiger partial charge is 0.510 e. The van der Waals surface area contributed by atoms with E-state index in [1.54, 1.807) is 20.2 Å². The second kappa shape index (κ2) is 8.76. The Morgan fingerprint density at radius 1 is 1.26 bits per heavy atom. The van der Waals surface area contributed by atoms with Gasteiger partial charge in [-0.15, -0.1) is 0 Å². The van der Waals surface area contributed by atoms with Gasteiger partial charge < -0.3 is 30.9 Å². The maximum atomic E-state index is 13.6. The van der Waals surface area contributed by atoms with Crippen LogP contribution in [0, 0.1) is 11.8 Å². The average molecular weight is 488 g/mol. The number of ketones is 2. The Bertz CT molecular complexity index is 1190. The number of methoxy groups -OCH3 is 1. The third-order valence-electron chi connectivity index (χ3n) is 7.26. The van der Waals surface area contributed by atoms with Crippen molar-refractivity contribution in [2.75, 3.05) is 27.9 Å². The number of phenols is 1. The van der Waals surface area contributed by atoms with Crippen molar-refractivity contribution < 1.29 is 39.5 Å². The SMILES string of the molecule is COCNCc1ccc(O)c2c1C[C@H]1C[C@H]3[C@H](N(C)C)C(O)=C(C(N)=O)C(=O)[C@@]3(O)C(O)=C1C2=O. The fourth-order valence-corrected chi connectivity index (χ4v) is 5.77. The second-order valence-electron chi connectivity index (χ2n) is 9.42. The number of carbonyl (C=O) groups is 3. The van der Waals surface area contributed by atoms with Crippen LogP contribution in [-0.2, 0) is 27.3 Å². The van der Waals surface area contributed by atoms with E-state index in [4.69, 9.17) is 10.5 Å². The summed E-state index contributed by atoms with van der Waals surface area (Å²) < 4.78 is 5.01. The van der Waals surface area contributed by atoms with E-state index in [-0.39, 0.29) is 36.5 Å². The highest BCUT2D eigenvalue weighted by Crippen LogP contribution is 2.52. The number of hydrogen-bond acceptors (Lipinski definition) is 10. The molecule has 1 aromatic rings. The normalized spacial score (nSPS) is 28.2. The number of amides is 1. The number of phenolic OH excluding ortho intramolecular Hbond substituents is 1. The summed E-state index contributed by atoms with van der Waals surface area (Å²) in [6.07, 6.45) is 0.291. The molecule has 0 aromatic heterocycles. The van der Waals surface area contributed by atoms with Crippen LogP contribution in [0.15, 0.2) is 34.8 Å². The number of nitrogens with two attached hydrogens (primary N) is 1. The third kappa shape index (κ3) is 3.54. The van der Waals surface area contributed by atoms with Crippen molar-refractivity contribution in [1.29, 1.82) is 0 Å². The standard InChI is InChI=1S/C24H29N3O8/c1-27(2)18-13-7-11-6-12-10(8-26-9-35-3)4-5-14(28)16(12)19(29)15(11)21(31)24(13,34)22(32)17(20(18)30)23(25)33/h4-5,11,13,18,26,28,30-31,34H,6-9H2,1-3H3,(H2,25,33)/t11-,13-,18-,24-/m0/s1. The zero-order chi connectivity index (χ0) is 25.8. The number of aliphatic hydroxyl groups is 3. The van der Waals surface area contributed by atoms with E-state index in [2.05, 4.69) is 5.32 Å². The molecule has 35 heavy (non-hydrogen) atoms. The molecule has 0 aliphatic heterocycles. The quantitative estimate of drug-likeness (QED) is 0.179. The van der Waals surface area contributed by atoms with Crippen molar-refractivity contribution in [2.24, 2.45) is 17.6 Å². The number of benzene rings is 1. The summed E-state index contributed by atoms with van der Waals surface area (Å²) in [5.41, 5.74) is 3.01. The number of rotatable bonds is 6. The monoisotopic (exact) mass is 487 g/mol. The van der Waals surface area contributed by atoms with Crippen LogP contribution in [0.5, 0.6) is 5.75 Å². The number of ether oxygens (including phenoxy) is 1. The predicted octanol–water partition coefficient (Wildman–Crippen LogP) is -0.186. The molecule has 3 aliphatic carbocycles. The molecule has 0 saturated carbocycles. The minimum Gasteiger partial charge on any atom is -0.510 e. The number of Topliss-reactive ketones (excluding diaryl/α,β-unsaturated/α-hetero) is 2. The number of nitrogens with one attached hydrogen (secondary N) is 1. The van der Waals surface area contributed by atoms with Gasteiger partial charge >= 0.3 is 0 Å². The number of nitrogens with zero attached hydrogens (tertiary/aromatic N) is 1. The van der Waals surface area contributed by atoms with Crippen molar-refractivity contribution in [3.8, 4) is 5.75 Å². The lowest BCUT2D eigenvalue weighted by atomic mass is 9.58. The molecule has 4 rings (SSSR count). The van der Waals surface area contributed by atoms with Gasteiger partial charge in [-0.25, -0.2) is 0 Å². The van der Waals surface area contributed by atoms with Crippen molar-refractivity contribution in [3.63, 3.8) is 0 Å². The van der Waals surface area contributed by atoms with Crippen LogP contribution in [0.4, 0.5) is 0 Å². The predicted molar refractivity (Wildman–Crippen MR) is 122 cm³/mol. The number of fused-ring (bicyclic) bond motifs is 3. The first kappa shape index (κ1) is 24.9. The Kier molecular flexibility index (Phi) is 6.22. The van der Waals surface area contributed by atoms with E-state index >= 15 is 0 Å².